The van der Waals surface area contributed by atoms with Gasteiger partial charge < -0.3 is 14.9 Å². The molecule has 0 radical (unpaired) electrons. The van der Waals surface area contributed by atoms with Crippen LogP contribution in [0.5, 0.6) is 0 Å². The molecule has 31 heavy (non-hydrogen) atoms. The third kappa shape index (κ3) is 4.83. The van der Waals surface area contributed by atoms with Gasteiger partial charge in [-0.05, 0) is 43.1 Å². The first kappa shape index (κ1) is 21.0. The predicted octanol–water partition coefficient (Wildman–Crippen LogP) is 2.78. The quantitative estimate of drug-likeness (QED) is 0.742. The summed E-state index contributed by atoms with van der Waals surface area (Å²) >= 11 is 0. The molecule has 0 amide bonds. The van der Waals surface area contributed by atoms with E-state index in [1.165, 1.54) is 57.3 Å². The Balaban J connectivity index is 1.23. The van der Waals surface area contributed by atoms with Gasteiger partial charge in [-0.2, -0.15) is 5.21 Å². The summed E-state index contributed by atoms with van der Waals surface area (Å²) in [7, 11) is 0. The van der Waals surface area contributed by atoms with Crippen molar-refractivity contribution in [3.8, 4) is 0 Å². The monoisotopic (exact) mass is 424 g/mol. The lowest BCUT2D eigenvalue weighted by Gasteiger charge is -2.38. The van der Waals surface area contributed by atoms with E-state index in [0.29, 0.717) is 30.5 Å². The molecular weight excluding hydrogens is 388 g/mol. The number of likely N-dealkylation sites (tertiary alicyclic amines) is 2. The van der Waals surface area contributed by atoms with E-state index in [1.807, 2.05) is 0 Å². The van der Waals surface area contributed by atoms with Crippen LogP contribution in [-0.4, -0.2) is 74.8 Å². The van der Waals surface area contributed by atoms with Gasteiger partial charge in [0.15, 0.2) is 0 Å². The Kier molecular flexibility index (Phi) is 6.34. The fourth-order valence-corrected chi connectivity index (χ4v) is 6.13. The van der Waals surface area contributed by atoms with Crippen LogP contribution >= 0.6 is 0 Å². The highest BCUT2D eigenvalue weighted by molar-refractivity contribution is 5.22. The van der Waals surface area contributed by atoms with Crippen molar-refractivity contribution in [3.63, 3.8) is 0 Å². The zero-order valence-corrected chi connectivity index (χ0v) is 18.5. The third-order valence-corrected chi connectivity index (χ3v) is 7.92. The van der Waals surface area contributed by atoms with Gasteiger partial charge >= 0.3 is 0 Å². The second kappa shape index (κ2) is 9.35. The summed E-state index contributed by atoms with van der Waals surface area (Å²) < 4.78 is 0. The predicted molar refractivity (Wildman–Crippen MR) is 119 cm³/mol. The number of nitrogens with zero attached hydrogens (tertiary/aromatic N) is 5. The van der Waals surface area contributed by atoms with Crippen LogP contribution in [-0.2, 0) is 5.60 Å². The van der Waals surface area contributed by atoms with Gasteiger partial charge in [0.05, 0.1) is 0 Å². The lowest BCUT2D eigenvalue weighted by Crippen LogP contribution is -2.45. The van der Waals surface area contributed by atoms with Gasteiger partial charge in [0.2, 0.25) is 5.82 Å². The van der Waals surface area contributed by atoms with E-state index in [2.05, 4.69) is 60.8 Å². The molecule has 3 aliphatic rings. The van der Waals surface area contributed by atoms with Crippen molar-refractivity contribution in [2.75, 3.05) is 39.3 Å². The Morgan fingerprint density at radius 2 is 1.74 bits per heavy atom. The molecule has 1 aliphatic carbocycles. The number of benzene rings is 1. The summed E-state index contributed by atoms with van der Waals surface area (Å²) in [6.07, 6.45) is 8.43. The molecule has 0 unspecified atom stereocenters. The molecule has 2 aliphatic heterocycles. The molecule has 2 N–H and O–H groups in total. The number of rotatable bonds is 6. The maximum absolute atomic E-state index is 10.9. The van der Waals surface area contributed by atoms with Gasteiger partial charge in [-0.1, -0.05) is 54.8 Å². The smallest absolute Gasteiger partial charge is 0.206 e. The first-order valence-electron chi connectivity index (χ1n) is 12.2. The number of nitrogens with one attached hydrogen (secondary N) is 1. The topological polar surface area (TPSA) is 81.2 Å². The Labute approximate surface area is 185 Å². The standard InChI is InChI=1S/C24H36N6O/c31-24(23-25-27-28-26-23)11-13-29(14-12-24)16-21-17-30(15-19-7-3-1-4-8-19)18-22(21)20-9-5-2-6-10-20/h2,5-6,9-10,19,21-22,31H,1,3-4,7-8,11-18H2,(H,25,26,27,28)/t21-,22+/m0/s1. The minimum atomic E-state index is -0.939. The normalized spacial score (nSPS) is 28.2. The molecule has 5 rings (SSSR count). The van der Waals surface area contributed by atoms with E-state index >= 15 is 0 Å². The van der Waals surface area contributed by atoms with Crippen LogP contribution in [0.25, 0.3) is 0 Å². The largest absolute Gasteiger partial charge is 0.382 e. The number of hydrogen-bond donors (Lipinski definition) is 2. The summed E-state index contributed by atoms with van der Waals surface area (Å²) in [5.74, 6) is 2.57. The van der Waals surface area contributed by atoms with Crippen molar-refractivity contribution < 1.29 is 5.11 Å². The average molecular weight is 425 g/mol. The Bertz CT molecular complexity index is 799. The van der Waals surface area contributed by atoms with E-state index in [-0.39, 0.29) is 0 Å². The van der Waals surface area contributed by atoms with E-state index < -0.39 is 5.60 Å². The first-order valence-corrected chi connectivity index (χ1v) is 12.2. The molecule has 2 saturated heterocycles. The Morgan fingerprint density at radius 1 is 0.968 bits per heavy atom. The maximum atomic E-state index is 10.9. The highest BCUT2D eigenvalue weighted by atomic mass is 16.3. The number of H-pyrrole nitrogens is 1. The molecule has 7 heteroatoms. The minimum Gasteiger partial charge on any atom is -0.382 e. The van der Waals surface area contributed by atoms with Crippen LogP contribution in [0.3, 0.4) is 0 Å². The zero-order chi connectivity index (χ0) is 21.1. The number of tetrazole rings is 1. The summed E-state index contributed by atoms with van der Waals surface area (Å²) in [5.41, 5.74) is 0.546. The summed E-state index contributed by atoms with van der Waals surface area (Å²) in [5, 5.41) is 25.1. The van der Waals surface area contributed by atoms with Gasteiger partial charge in [-0.3, -0.25) is 0 Å². The maximum Gasteiger partial charge on any atom is 0.206 e. The van der Waals surface area contributed by atoms with E-state index in [1.54, 1.807) is 0 Å². The van der Waals surface area contributed by atoms with Gasteiger partial charge in [0.25, 0.3) is 0 Å². The molecule has 7 nitrogen and oxygen atoms in total. The first-order chi connectivity index (χ1) is 15.2. The molecule has 0 bridgehead atoms. The zero-order valence-electron chi connectivity index (χ0n) is 18.5. The van der Waals surface area contributed by atoms with Crippen LogP contribution < -0.4 is 0 Å². The molecule has 3 heterocycles. The molecule has 1 saturated carbocycles. The number of piperidine rings is 1. The molecule has 168 valence electrons. The fraction of sp³-hybridized carbons (Fsp3) is 0.708. The second-order valence-electron chi connectivity index (χ2n) is 10.1. The average Bonchev–Trinajstić information content (AvgIpc) is 3.48. The summed E-state index contributed by atoms with van der Waals surface area (Å²) in [6, 6.07) is 11.1. The molecule has 1 aromatic heterocycles. The van der Waals surface area contributed by atoms with Crippen LogP contribution in [0.15, 0.2) is 30.3 Å². The lowest BCUT2D eigenvalue weighted by atomic mass is 9.86. The second-order valence-corrected chi connectivity index (χ2v) is 10.1. The van der Waals surface area contributed by atoms with E-state index in [0.717, 1.165) is 25.6 Å². The van der Waals surface area contributed by atoms with Crippen molar-refractivity contribution in [3.05, 3.63) is 41.7 Å². The molecule has 2 aromatic rings. The lowest BCUT2D eigenvalue weighted by molar-refractivity contribution is -0.0357. The number of aliphatic hydroxyl groups is 1. The van der Waals surface area contributed by atoms with Crippen LogP contribution in [0.1, 0.15) is 62.3 Å². The summed E-state index contributed by atoms with van der Waals surface area (Å²) in [4.78, 5) is 5.29. The number of hydrogen-bond acceptors (Lipinski definition) is 6. The van der Waals surface area contributed by atoms with Crippen molar-refractivity contribution in [1.29, 1.82) is 0 Å². The highest BCUT2D eigenvalue weighted by Gasteiger charge is 2.40. The fourth-order valence-electron chi connectivity index (χ4n) is 6.13. The Morgan fingerprint density at radius 3 is 2.45 bits per heavy atom. The third-order valence-electron chi connectivity index (χ3n) is 7.92. The van der Waals surface area contributed by atoms with Crippen molar-refractivity contribution >= 4 is 0 Å². The van der Waals surface area contributed by atoms with E-state index in [9.17, 15) is 5.11 Å². The summed E-state index contributed by atoms with van der Waals surface area (Å²) in [6.45, 7) is 6.52. The van der Waals surface area contributed by atoms with Crippen molar-refractivity contribution in [2.24, 2.45) is 11.8 Å². The minimum absolute atomic E-state index is 0.439. The molecule has 2 atom stereocenters. The van der Waals surface area contributed by atoms with E-state index in [4.69, 9.17) is 0 Å². The van der Waals surface area contributed by atoms with Gasteiger partial charge in [0, 0.05) is 45.2 Å². The van der Waals surface area contributed by atoms with Gasteiger partial charge in [-0.25, -0.2) is 0 Å². The SMILES string of the molecule is OC1(c2nn[nH]n2)CCN(C[C@H]2CN(CC3CCCCC3)C[C@@H]2c2ccccc2)CC1. The van der Waals surface area contributed by atoms with Gasteiger partial charge in [-0.15, -0.1) is 10.2 Å². The Hall–Kier alpha value is -1.83. The highest BCUT2D eigenvalue weighted by Crippen LogP contribution is 2.37. The number of aromatic nitrogens is 4. The van der Waals surface area contributed by atoms with Crippen LogP contribution in [0.2, 0.25) is 0 Å². The molecular formula is C24H36N6O. The van der Waals surface area contributed by atoms with Crippen molar-refractivity contribution in [1.82, 2.24) is 30.4 Å². The molecule has 1 aromatic carbocycles. The molecule has 0 spiro atoms. The van der Waals surface area contributed by atoms with Gasteiger partial charge in [0.1, 0.15) is 5.60 Å². The van der Waals surface area contributed by atoms with Crippen LogP contribution in [0.4, 0.5) is 0 Å². The number of aromatic amines is 1. The molecule has 3 fully saturated rings. The van der Waals surface area contributed by atoms with Crippen LogP contribution in [0, 0.1) is 11.8 Å². The van der Waals surface area contributed by atoms with Crippen molar-refractivity contribution in [2.45, 2.75) is 56.5 Å².